The number of carboxylic acids is 1. The average molecular weight is 382 g/mol. The number of halogens is 1. The van der Waals surface area contributed by atoms with Gasteiger partial charge in [0, 0.05) is 11.3 Å². The zero-order chi connectivity index (χ0) is 18.0. The van der Waals surface area contributed by atoms with Gasteiger partial charge in [0.05, 0.1) is 30.2 Å². The lowest BCUT2D eigenvalue weighted by Gasteiger charge is -2.15. The number of carbonyl (C=O) groups is 2. The second kappa shape index (κ2) is 7.43. The van der Waals surface area contributed by atoms with E-state index in [0.717, 1.165) is 16.9 Å². The molecule has 0 bridgehead atoms. The molecular weight excluding hydrogens is 366 g/mol. The number of thiophene rings is 1. The van der Waals surface area contributed by atoms with Gasteiger partial charge < -0.3 is 19.9 Å². The smallest absolute Gasteiger partial charge is 0.330 e. The third kappa shape index (κ3) is 3.78. The molecule has 2 aromatic rings. The van der Waals surface area contributed by atoms with Gasteiger partial charge in [-0.1, -0.05) is 17.7 Å². The van der Waals surface area contributed by atoms with Crippen LogP contribution in [0.25, 0.3) is 0 Å². The number of aliphatic carboxylic acids is 1. The maximum atomic E-state index is 12.5. The van der Waals surface area contributed by atoms with E-state index in [-0.39, 0.29) is 5.02 Å². The van der Waals surface area contributed by atoms with Gasteiger partial charge in [-0.05, 0) is 29.3 Å². The first kappa shape index (κ1) is 17.7. The van der Waals surface area contributed by atoms with Crippen molar-refractivity contribution in [3.8, 4) is 5.75 Å². The van der Waals surface area contributed by atoms with Crippen LogP contribution in [0.15, 0.2) is 24.3 Å². The summed E-state index contributed by atoms with van der Waals surface area (Å²) in [5, 5.41) is 12.3. The van der Waals surface area contributed by atoms with Crippen molar-refractivity contribution in [3.63, 3.8) is 0 Å². The van der Waals surface area contributed by atoms with Gasteiger partial charge in [0.25, 0.3) is 5.91 Å². The lowest BCUT2D eigenvalue weighted by atomic mass is 10.1. The molecule has 8 heteroatoms. The lowest BCUT2D eigenvalue weighted by molar-refractivity contribution is -0.139. The predicted molar refractivity (Wildman–Crippen MR) is 93.5 cm³/mol. The van der Waals surface area contributed by atoms with E-state index in [9.17, 15) is 14.7 Å². The molecule has 0 fully saturated rings. The van der Waals surface area contributed by atoms with Gasteiger partial charge in [0.1, 0.15) is 5.75 Å². The number of methoxy groups -OCH3 is 1. The molecule has 2 heterocycles. The fourth-order valence-electron chi connectivity index (χ4n) is 2.61. The summed E-state index contributed by atoms with van der Waals surface area (Å²) >= 11 is 7.43. The monoisotopic (exact) mass is 381 g/mol. The van der Waals surface area contributed by atoms with Crippen LogP contribution in [0.5, 0.6) is 5.75 Å². The Hall–Kier alpha value is -2.09. The van der Waals surface area contributed by atoms with Crippen molar-refractivity contribution in [2.45, 2.75) is 19.1 Å². The number of nitrogens with one attached hydrogen (secondary N) is 1. The number of ether oxygens (including phenoxy) is 2. The van der Waals surface area contributed by atoms with Gasteiger partial charge in [0.15, 0.2) is 6.04 Å². The molecule has 1 amide bonds. The van der Waals surface area contributed by atoms with Crippen LogP contribution in [-0.2, 0) is 22.6 Å². The van der Waals surface area contributed by atoms with E-state index in [1.807, 2.05) is 0 Å². The van der Waals surface area contributed by atoms with Crippen LogP contribution >= 0.6 is 22.9 Å². The van der Waals surface area contributed by atoms with Crippen LogP contribution in [0.2, 0.25) is 5.02 Å². The van der Waals surface area contributed by atoms with Gasteiger partial charge in [-0.3, -0.25) is 4.79 Å². The molecule has 0 spiro atoms. The summed E-state index contributed by atoms with van der Waals surface area (Å²) in [5.74, 6) is -1.16. The lowest BCUT2D eigenvalue weighted by Crippen LogP contribution is -2.33. The maximum Gasteiger partial charge on any atom is 0.330 e. The molecule has 0 aliphatic carbocycles. The Labute approximate surface area is 153 Å². The number of hydrogen-bond donors (Lipinski definition) is 2. The number of amides is 1. The van der Waals surface area contributed by atoms with E-state index in [1.54, 1.807) is 18.2 Å². The highest BCUT2D eigenvalue weighted by Gasteiger charge is 2.25. The molecule has 1 aromatic heterocycles. The molecule has 1 aromatic carbocycles. The first-order valence-electron chi connectivity index (χ1n) is 7.56. The molecule has 25 heavy (non-hydrogen) atoms. The molecule has 3 rings (SSSR count). The molecule has 1 aliphatic heterocycles. The second-order valence-corrected chi connectivity index (χ2v) is 7.04. The van der Waals surface area contributed by atoms with Crippen LogP contribution in [-0.4, -0.2) is 30.7 Å². The fraction of sp³-hybridized carbons (Fsp3) is 0.294. The van der Waals surface area contributed by atoms with Crippen molar-refractivity contribution in [2.24, 2.45) is 0 Å². The first-order chi connectivity index (χ1) is 12.0. The second-order valence-electron chi connectivity index (χ2n) is 5.50. The van der Waals surface area contributed by atoms with Crippen LogP contribution in [0.1, 0.15) is 31.7 Å². The summed E-state index contributed by atoms with van der Waals surface area (Å²) in [6.45, 7) is 1.12. The van der Waals surface area contributed by atoms with Crippen LogP contribution in [0.3, 0.4) is 0 Å². The third-order valence-electron chi connectivity index (χ3n) is 3.88. The van der Waals surface area contributed by atoms with Crippen molar-refractivity contribution < 1.29 is 24.2 Å². The minimum atomic E-state index is -1.20. The Kier molecular flexibility index (Phi) is 5.27. The zero-order valence-corrected chi connectivity index (χ0v) is 14.9. The number of hydrogen-bond acceptors (Lipinski definition) is 5. The molecule has 1 aliphatic rings. The van der Waals surface area contributed by atoms with Crippen LogP contribution < -0.4 is 10.1 Å². The summed E-state index contributed by atoms with van der Waals surface area (Å²) in [7, 11) is 1.47. The minimum absolute atomic E-state index is 0.282. The van der Waals surface area contributed by atoms with Crippen molar-refractivity contribution >= 4 is 34.8 Å². The summed E-state index contributed by atoms with van der Waals surface area (Å²) in [5.41, 5.74) is 1.36. The number of carboxylic acid groups (broad SMARTS) is 1. The molecule has 132 valence electrons. The normalized spacial score (nSPS) is 14.5. The van der Waals surface area contributed by atoms with Crippen molar-refractivity contribution in [2.75, 3.05) is 13.7 Å². The Balaban J connectivity index is 1.82. The van der Waals surface area contributed by atoms with Crippen LogP contribution in [0, 0.1) is 0 Å². The molecule has 0 radical (unpaired) electrons. The first-order valence-corrected chi connectivity index (χ1v) is 8.75. The topological polar surface area (TPSA) is 84.9 Å². The fourth-order valence-corrected chi connectivity index (χ4v) is 3.93. The van der Waals surface area contributed by atoms with E-state index in [4.69, 9.17) is 21.1 Å². The van der Waals surface area contributed by atoms with E-state index in [1.165, 1.54) is 24.5 Å². The molecule has 1 unspecified atom stereocenters. The van der Waals surface area contributed by atoms with E-state index in [2.05, 4.69) is 5.32 Å². The van der Waals surface area contributed by atoms with E-state index in [0.29, 0.717) is 29.4 Å². The molecule has 1 atom stereocenters. The van der Waals surface area contributed by atoms with Crippen molar-refractivity contribution in [1.82, 2.24) is 5.32 Å². The number of benzene rings is 1. The summed E-state index contributed by atoms with van der Waals surface area (Å²) in [6, 6.07) is 5.17. The summed E-state index contributed by atoms with van der Waals surface area (Å²) in [6.07, 6.45) is 0.768. The highest BCUT2D eigenvalue weighted by atomic mass is 35.5. The quantitative estimate of drug-likeness (QED) is 0.831. The Morgan fingerprint density at radius 2 is 2.20 bits per heavy atom. The molecule has 0 saturated carbocycles. The average Bonchev–Trinajstić information content (AvgIpc) is 3.03. The molecular formula is C17H16ClNO5S. The standard InChI is InChI=1S/C17H16ClNO5S/c1-23-12-3-2-9(6-11(12)18)15(17(21)22)19-16(20)14-7-10-8-24-5-4-13(10)25-14/h2-3,6-7,15H,4-5,8H2,1H3,(H,19,20)(H,21,22). The largest absolute Gasteiger partial charge is 0.495 e. The minimum Gasteiger partial charge on any atom is -0.495 e. The van der Waals surface area contributed by atoms with Crippen molar-refractivity contribution in [3.05, 3.63) is 50.2 Å². The Morgan fingerprint density at radius 3 is 2.84 bits per heavy atom. The van der Waals surface area contributed by atoms with Gasteiger partial charge in [0.2, 0.25) is 0 Å². The Morgan fingerprint density at radius 1 is 1.40 bits per heavy atom. The number of carbonyl (C=O) groups excluding carboxylic acids is 1. The molecule has 6 nitrogen and oxygen atoms in total. The van der Waals surface area contributed by atoms with Gasteiger partial charge >= 0.3 is 5.97 Å². The number of rotatable bonds is 5. The molecule has 2 N–H and O–H groups in total. The Bertz CT molecular complexity index is 796. The van der Waals surface area contributed by atoms with Crippen molar-refractivity contribution in [1.29, 1.82) is 0 Å². The number of fused-ring (bicyclic) bond motifs is 1. The van der Waals surface area contributed by atoms with E-state index < -0.39 is 17.9 Å². The highest BCUT2D eigenvalue weighted by molar-refractivity contribution is 7.14. The molecule has 0 saturated heterocycles. The maximum absolute atomic E-state index is 12.5. The predicted octanol–water partition coefficient (Wildman–Crippen LogP) is 3.04. The third-order valence-corrected chi connectivity index (χ3v) is 5.41. The summed E-state index contributed by atoms with van der Waals surface area (Å²) < 4.78 is 10.4. The van der Waals surface area contributed by atoms with Gasteiger partial charge in [-0.2, -0.15) is 0 Å². The van der Waals surface area contributed by atoms with E-state index >= 15 is 0 Å². The van der Waals surface area contributed by atoms with Gasteiger partial charge in [-0.15, -0.1) is 11.3 Å². The SMILES string of the molecule is COc1ccc(C(NC(=O)c2cc3c(s2)CCOC3)C(=O)O)cc1Cl. The van der Waals surface area contributed by atoms with Crippen LogP contribution in [0.4, 0.5) is 0 Å². The summed E-state index contributed by atoms with van der Waals surface area (Å²) in [4.78, 5) is 25.7. The highest BCUT2D eigenvalue weighted by Crippen LogP contribution is 2.29. The zero-order valence-electron chi connectivity index (χ0n) is 13.4. The van der Waals surface area contributed by atoms with Gasteiger partial charge in [-0.25, -0.2) is 4.79 Å².